The second kappa shape index (κ2) is 11.2. The van der Waals surface area contributed by atoms with E-state index in [0.717, 1.165) is 19.6 Å². The lowest BCUT2D eigenvalue weighted by Gasteiger charge is -2.22. The molecule has 2 aromatic rings. The Morgan fingerprint density at radius 1 is 1.25 bits per heavy atom. The maximum atomic E-state index is 13.8. The third kappa shape index (κ3) is 6.05. The normalized spacial score (nSPS) is 15.1. The first kappa shape index (κ1) is 22.4. The topological polar surface area (TPSA) is 52.6 Å². The Morgan fingerprint density at radius 2 is 2.04 bits per heavy atom. The molecule has 5 nitrogen and oxygen atoms in total. The molecular formula is C21H29FIN5. The van der Waals surface area contributed by atoms with E-state index in [4.69, 9.17) is 0 Å². The molecule has 1 aliphatic rings. The van der Waals surface area contributed by atoms with E-state index in [9.17, 15) is 4.39 Å². The number of hydrogen-bond acceptors (Lipinski definition) is 3. The van der Waals surface area contributed by atoms with Crippen molar-refractivity contribution in [2.24, 2.45) is 4.99 Å². The number of nitrogens with one attached hydrogen (secondary N) is 2. The molecule has 2 heterocycles. The lowest BCUT2D eigenvalue weighted by atomic mass is 10.1. The molecule has 7 heteroatoms. The van der Waals surface area contributed by atoms with E-state index >= 15 is 0 Å². The van der Waals surface area contributed by atoms with Crippen LogP contribution < -0.4 is 15.5 Å². The molecule has 1 aliphatic heterocycles. The number of benzene rings is 1. The van der Waals surface area contributed by atoms with E-state index in [1.807, 2.05) is 6.92 Å². The summed E-state index contributed by atoms with van der Waals surface area (Å²) in [5.41, 5.74) is 2.82. The highest BCUT2D eigenvalue weighted by molar-refractivity contribution is 14.0. The quantitative estimate of drug-likeness (QED) is 0.356. The summed E-state index contributed by atoms with van der Waals surface area (Å²) in [6.45, 7) is 7.31. The van der Waals surface area contributed by atoms with E-state index in [1.54, 1.807) is 12.3 Å². The summed E-state index contributed by atoms with van der Waals surface area (Å²) in [5.74, 6) is 0.324. The predicted molar refractivity (Wildman–Crippen MR) is 124 cm³/mol. The summed E-state index contributed by atoms with van der Waals surface area (Å²) >= 11 is 0. The first-order valence-corrected chi connectivity index (χ1v) is 9.66. The summed E-state index contributed by atoms with van der Waals surface area (Å²) in [5, 5.41) is 6.63. The summed E-state index contributed by atoms with van der Waals surface area (Å²) in [6.07, 6.45) is 4.11. The smallest absolute Gasteiger partial charge is 0.192 e. The van der Waals surface area contributed by atoms with E-state index in [0.29, 0.717) is 11.7 Å². The average Bonchev–Trinajstić information content (AvgIpc) is 3.22. The number of rotatable bonds is 6. The van der Waals surface area contributed by atoms with Crippen LogP contribution in [-0.2, 0) is 6.54 Å². The zero-order valence-corrected chi connectivity index (χ0v) is 18.8. The molecule has 28 heavy (non-hydrogen) atoms. The molecule has 1 unspecified atom stereocenters. The van der Waals surface area contributed by atoms with Crippen LogP contribution in [-0.4, -0.2) is 30.6 Å². The highest BCUT2D eigenvalue weighted by atomic mass is 127. The molecule has 1 aromatic carbocycles. The van der Waals surface area contributed by atoms with Crippen LogP contribution in [0.25, 0.3) is 0 Å². The van der Waals surface area contributed by atoms with Crippen LogP contribution in [0, 0.1) is 5.82 Å². The minimum atomic E-state index is -0.330. The molecule has 0 spiro atoms. The van der Waals surface area contributed by atoms with Crippen molar-refractivity contribution in [1.29, 1.82) is 0 Å². The van der Waals surface area contributed by atoms with Gasteiger partial charge in [0.1, 0.15) is 5.82 Å². The van der Waals surface area contributed by atoms with E-state index in [2.05, 4.69) is 56.7 Å². The molecule has 1 fully saturated rings. The van der Waals surface area contributed by atoms with Crippen molar-refractivity contribution >= 4 is 35.6 Å². The SMILES string of the molecule is CCNC(=NCc1ncccc1F)NC(C)c1cccc(N2CCCC2)c1.I. The molecule has 0 aliphatic carbocycles. The molecule has 0 saturated carbocycles. The summed E-state index contributed by atoms with van der Waals surface area (Å²) < 4.78 is 13.8. The number of pyridine rings is 1. The van der Waals surface area contributed by atoms with Gasteiger partial charge in [-0.15, -0.1) is 24.0 Å². The highest BCUT2D eigenvalue weighted by Crippen LogP contribution is 2.23. The van der Waals surface area contributed by atoms with Gasteiger partial charge in [-0.3, -0.25) is 4.98 Å². The molecule has 0 amide bonds. The Balaban J connectivity index is 0.00000280. The van der Waals surface area contributed by atoms with E-state index in [-0.39, 0.29) is 42.4 Å². The van der Waals surface area contributed by atoms with Crippen LogP contribution in [0.5, 0.6) is 0 Å². The van der Waals surface area contributed by atoms with Crippen molar-refractivity contribution in [2.45, 2.75) is 39.3 Å². The third-order valence-electron chi connectivity index (χ3n) is 4.76. The van der Waals surface area contributed by atoms with Gasteiger partial charge < -0.3 is 15.5 Å². The minimum absolute atomic E-state index is 0. The van der Waals surface area contributed by atoms with Crippen molar-refractivity contribution in [2.75, 3.05) is 24.5 Å². The number of nitrogens with zero attached hydrogens (tertiary/aromatic N) is 3. The van der Waals surface area contributed by atoms with Crippen LogP contribution in [0.3, 0.4) is 0 Å². The number of aromatic nitrogens is 1. The Bertz CT molecular complexity index is 777. The molecule has 3 rings (SSSR count). The Hall–Kier alpha value is -1.90. The lowest BCUT2D eigenvalue weighted by Crippen LogP contribution is -2.38. The van der Waals surface area contributed by atoms with Gasteiger partial charge >= 0.3 is 0 Å². The van der Waals surface area contributed by atoms with Crippen LogP contribution in [0.4, 0.5) is 10.1 Å². The molecular weight excluding hydrogens is 468 g/mol. The molecule has 0 radical (unpaired) electrons. The van der Waals surface area contributed by atoms with Gasteiger partial charge in [0.05, 0.1) is 18.3 Å². The van der Waals surface area contributed by atoms with Crippen LogP contribution in [0.2, 0.25) is 0 Å². The van der Waals surface area contributed by atoms with Crippen molar-refractivity contribution in [3.05, 3.63) is 59.7 Å². The number of anilines is 1. The maximum absolute atomic E-state index is 13.8. The van der Waals surface area contributed by atoms with E-state index < -0.39 is 0 Å². The monoisotopic (exact) mass is 497 g/mol. The first-order valence-electron chi connectivity index (χ1n) is 9.66. The van der Waals surface area contributed by atoms with Gasteiger partial charge in [0.15, 0.2) is 5.96 Å². The minimum Gasteiger partial charge on any atom is -0.372 e. The fraction of sp³-hybridized carbons (Fsp3) is 0.429. The fourth-order valence-corrected chi connectivity index (χ4v) is 3.26. The number of aliphatic imine (C=N–C) groups is 1. The molecule has 2 N–H and O–H groups in total. The highest BCUT2D eigenvalue weighted by Gasteiger charge is 2.14. The van der Waals surface area contributed by atoms with Gasteiger partial charge in [-0.25, -0.2) is 9.38 Å². The standard InChI is InChI=1S/C21H28FN5.HI/c1-3-23-21(25-15-20-19(22)10-7-11-24-20)26-16(2)17-8-6-9-18(14-17)27-12-4-5-13-27;/h6-11,14,16H,3-5,12-13,15H2,1-2H3,(H2,23,25,26);1H. The number of hydrogen-bond donors (Lipinski definition) is 2. The van der Waals surface area contributed by atoms with Crippen molar-refractivity contribution < 1.29 is 4.39 Å². The van der Waals surface area contributed by atoms with Gasteiger partial charge in [-0.1, -0.05) is 12.1 Å². The van der Waals surface area contributed by atoms with Crippen LogP contribution >= 0.6 is 24.0 Å². The van der Waals surface area contributed by atoms with Gasteiger partial charge in [-0.05, 0) is 56.5 Å². The van der Waals surface area contributed by atoms with Gasteiger partial charge in [0.25, 0.3) is 0 Å². The second-order valence-corrected chi connectivity index (χ2v) is 6.78. The summed E-state index contributed by atoms with van der Waals surface area (Å²) in [7, 11) is 0. The number of halogens is 2. The summed E-state index contributed by atoms with van der Waals surface area (Å²) in [4.78, 5) is 11.0. The first-order chi connectivity index (χ1) is 13.2. The molecule has 152 valence electrons. The zero-order valence-electron chi connectivity index (χ0n) is 16.5. The zero-order chi connectivity index (χ0) is 19.1. The second-order valence-electron chi connectivity index (χ2n) is 6.78. The Morgan fingerprint density at radius 3 is 2.75 bits per heavy atom. The van der Waals surface area contributed by atoms with E-state index in [1.165, 1.54) is 30.2 Å². The lowest BCUT2D eigenvalue weighted by molar-refractivity contribution is 0.598. The Labute approximate surface area is 183 Å². The number of guanidine groups is 1. The van der Waals surface area contributed by atoms with Crippen LogP contribution in [0.15, 0.2) is 47.6 Å². The molecule has 1 saturated heterocycles. The molecule has 1 atom stereocenters. The average molecular weight is 497 g/mol. The van der Waals surface area contributed by atoms with Crippen LogP contribution in [0.1, 0.15) is 44.0 Å². The third-order valence-corrected chi connectivity index (χ3v) is 4.76. The fourth-order valence-electron chi connectivity index (χ4n) is 3.26. The van der Waals surface area contributed by atoms with Gasteiger partial charge in [0, 0.05) is 31.5 Å². The predicted octanol–water partition coefficient (Wildman–Crippen LogP) is 4.26. The maximum Gasteiger partial charge on any atom is 0.192 e. The molecule has 1 aromatic heterocycles. The Kier molecular flexibility index (Phi) is 8.95. The van der Waals surface area contributed by atoms with Gasteiger partial charge in [0.2, 0.25) is 0 Å². The molecule has 0 bridgehead atoms. The largest absolute Gasteiger partial charge is 0.372 e. The van der Waals surface area contributed by atoms with Gasteiger partial charge in [-0.2, -0.15) is 0 Å². The van der Waals surface area contributed by atoms with Crippen molar-refractivity contribution in [3.8, 4) is 0 Å². The van der Waals surface area contributed by atoms with Crippen molar-refractivity contribution in [3.63, 3.8) is 0 Å². The van der Waals surface area contributed by atoms with Crippen molar-refractivity contribution in [1.82, 2.24) is 15.6 Å². The summed E-state index contributed by atoms with van der Waals surface area (Å²) in [6, 6.07) is 11.7.